The van der Waals surface area contributed by atoms with Gasteiger partial charge in [0.15, 0.2) is 6.10 Å². The highest BCUT2D eigenvalue weighted by atomic mass is 31.2. The quantitative estimate of drug-likeness (QED) is 0.0196. The van der Waals surface area contributed by atoms with Crippen molar-refractivity contribution in [2.45, 2.75) is 136 Å². The van der Waals surface area contributed by atoms with Crippen molar-refractivity contribution < 1.29 is 42.1 Å². The number of ether oxygens (including phenoxy) is 2. The van der Waals surface area contributed by atoms with E-state index in [0.717, 1.165) is 83.5 Å². The predicted octanol–water partition coefficient (Wildman–Crippen LogP) is 14.5. The van der Waals surface area contributed by atoms with Crippen molar-refractivity contribution in [1.29, 1.82) is 0 Å². The summed E-state index contributed by atoms with van der Waals surface area (Å²) in [6.07, 6.45) is 72.9. The number of esters is 2. The highest BCUT2D eigenvalue weighted by molar-refractivity contribution is 7.45. The van der Waals surface area contributed by atoms with Crippen molar-refractivity contribution in [3.63, 3.8) is 0 Å². The van der Waals surface area contributed by atoms with Crippen LogP contribution < -0.4 is 4.89 Å². The molecule has 0 aliphatic rings. The number of rotatable bonds is 42. The molecule has 9 nitrogen and oxygen atoms in total. The van der Waals surface area contributed by atoms with Crippen LogP contribution in [0.4, 0.5) is 0 Å². The number of phosphoric ester groups is 1. The minimum atomic E-state index is -4.68. The van der Waals surface area contributed by atoms with Crippen LogP contribution >= 0.6 is 7.82 Å². The van der Waals surface area contributed by atoms with Crippen molar-refractivity contribution in [3.8, 4) is 0 Å². The number of nitrogens with zero attached hydrogens (tertiary/aromatic N) is 1. The summed E-state index contributed by atoms with van der Waals surface area (Å²) in [5, 5.41) is 0. The zero-order valence-corrected chi connectivity index (χ0v) is 43.4. The number of hydrogen-bond donors (Lipinski definition) is 0. The molecule has 0 amide bonds. The van der Waals surface area contributed by atoms with Gasteiger partial charge >= 0.3 is 11.9 Å². The van der Waals surface area contributed by atoms with Crippen molar-refractivity contribution >= 4 is 19.8 Å². The molecule has 0 saturated carbocycles. The maximum Gasteiger partial charge on any atom is 0.309 e. The number of carbonyl (C=O) groups is 2. The van der Waals surface area contributed by atoms with Gasteiger partial charge in [-0.25, -0.2) is 0 Å². The number of carbonyl (C=O) groups excluding carboxylic acids is 2. The Bertz CT molecular complexity index is 1750. The fraction of sp³-hybridized carbons (Fsp3) is 0.483. The van der Waals surface area contributed by atoms with Crippen LogP contribution in [0.5, 0.6) is 0 Å². The topological polar surface area (TPSA) is 111 Å². The molecule has 0 aliphatic carbocycles. The Kier molecular flexibility index (Phi) is 44.2. The van der Waals surface area contributed by atoms with Gasteiger partial charge in [-0.2, -0.15) is 0 Å². The van der Waals surface area contributed by atoms with Crippen LogP contribution in [0.25, 0.3) is 0 Å². The Morgan fingerprint density at radius 3 is 1.16 bits per heavy atom. The molecule has 0 radical (unpaired) electrons. The average Bonchev–Trinajstić information content (AvgIpc) is 3.30. The maximum absolute atomic E-state index is 12.7. The molecule has 0 aromatic heterocycles. The van der Waals surface area contributed by atoms with Gasteiger partial charge in [-0.3, -0.25) is 14.2 Å². The van der Waals surface area contributed by atoms with Crippen LogP contribution in [0.15, 0.2) is 170 Å². The highest BCUT2D eigenvalue weighted by Gasteiger charge is 2.21. The van der Waals surface area contributed by atoms with Gasteiger partial charge in [0.25, 0.3) is 7.82 Å². The van der Waals surface area contributed by atoms with E-state index in [1.807, 2.05) is 39.4 Å². The van der Waals surface area contributed by atoms with Crippen LogP contribution in [0.1, 0.15) is 129 Å². The second kappa shape index (κ2) is 47.4. The molecule has 2 unspecified atom stereocenters. The Balaban J connectivity index is 4.50. The normalized spacial score (nSPS) is 14.9. The maximum atomic E-state index is 12.7. The highest BCUT2D eigenvalue weighted by Crippen LogP contribution is 2.38. The summed E-state index contributed by atoms with van der Waals surface area (Å²) in [4.78, 5) is 37.6. The molecule has 0 heterocycles. The molecule has 0 spiro atoms. The molecular formula is C58H88NO8P. The van der Waals surface area contributed by atoms with Gasteiger partial charge in [-0.05, 0) is 103 Å². The van der Waals surface area contributed by atoms with Gasteiger partial charge in [0.1, 0.15) is 19.8 Å². The van der Waals surface area contributed by atoms with Gasteiger partial charge < -0.3 is 27.9 Å². The lowest BCUT2D eigenvalue weighted by molar-refractivity contribution is -0.870. The molecule has 2 atom stereocenters. The van der Waals surface area contributed by atoms with Gasteiger partial charge in [-0.1, -0.05) is 184 Å². The lowest BCUT2D eigenvalue weighted by atomic mass is 10.2. The van der Waals surface area contributed by atoms with E-state index in [0.29, 0.717) is 30.3 Å². The number of quaternary nitrogens is 1. The summed E-state index contributed by atoms with van der Waals surface area (Å²) >= 11 is 0. The first-order chi connectivity index (χ1) is 33.0. The average molecular weight is 958 g/mol. The van der Waals surface area contributed by atoms with Gasteiger partial charge in [-0.15, -0.1) is 0 Å². The molecule has 68 heavy (non-hydrogen) atoms. The Morgan fingerprint density at radius 2 is 0.809 bits per heavy atom. The summed E-state index contributed by atoms with van der Waals surface area (Å²) in [5.74, 6) is -1.07. The van der Waals surface area contributed by atoms with Crippen molar-refractivity contribution in [2.24, 2.45) is 0 Å². The first-order valence-electron chi connectivity index (χ1n) is 24.8. The van der Waals surface area contributed by atoms with Crippen LogP contribution in [-0.2, 0) is 32.7 Å². The summed E-state index contributed by atoms with van der Waals surface area (Å²) in [6, 6.07) is 0. The second-order valence-electron chi connectivity index (χ2n) is 16.7. The predicted molar refractivity (Wildman–Crippen MR) is 286 cm³/mol. The van der Waals surface area contributed by atoms with E-state index >= 15 is 0 Å². The standard InChI is InChI=1S/C58H88NO8P/c1-6-8-10-12-14-16-18-20-22-23-24-25-26-27-28-29-30-31-32-33-34-35-37-39-41-43-45-47-49-51-58(61)67-56(55-66-68(62,63)65-53-52-59(3,4)5)54-64-57(60)50-48-46-44-42-40-38-36-21-19-17-15-13-11-9-7-2/h8-11,14-17,20-22,24-25,27-28,30-31,33-34,36-37,39-40,42-43,45-46,48,56H,6-7,12-13,18-19,23,26,29,32,35,38,41,44,47,49-55H2,1-5H3/b10-8-,11-9-,16-14-,17-15-,22-20-,25-24-,28-27-,31-30-,34-33-,36-21-,39-37-,42-40-,45-43-,48-46-. The largest absolute Gasteiger partial charge is 0.756 e. The zero-order valence-electron chi connectivity index (χ0n) is 42.5. The monoisotopic (exact) mass is 958 g/mol. The molecule has 0 aliphatic heterocycles. The lowest BCUT2D eigenvalue weighted by Gasteiger charge is -2.28. The SMILES string of the molecule is CC/C=C\C/C=C\C/C=C\C/C=C\C/C=C\C/C=C\C/C=C\C/C=C\C/C=C\CCCC(=O)OC(COC(=O)C/C=C\C/C=C\C/C=C\C/C=C\C/C=C\CC)COP(=O)([O-])OCC[N+](C)(C)C. The summed E-state index contributed by atoms with van der Waals surface area (Å²) in [7, 11) is 1.05. The molecule has 0 aromatic carbocycles. The van der Waals surface area contributed by atoms with E-state index in [1.165, 1.54) is 0 Å². The Hall–Kier alpha value is -4.63. The van der Waals surface area contributed by atoms with Gasteiger partial charge in [0.05, 0.1) is 34.2 Å². The number of hydrogen-bond acceptors (Lipinski definition) is 8. The van der Waals surface area contributed by atoms with Crippen LogP contribution in [0.2, 0.25) is 0 Å². The van der Waals surface area contributed by atoms with Crippen molar-refractivity contribution in [3.05, 3.63) is 170 Å². The molecule has 0 bridgehead atoms. The third-order valence-electron chi connectivity index (χ3n) is 9.27. The van der Waals surface area contributed by atoms with Crippen LogP contribution in [0.3, 0.4) is 0 Å². The van der Waals surface area contributed by atoms with E-state index in [-0.39, 0.29) is 26.1 Å². The van der Waals surface area contributed by atoms with E-state index in [1.54, 1.807) is 6.08 Å². The van der Waals surface area contributed by atoms with E-state index in [2.05, 4.69) is 160 Å². The smallest absolute Gasteiger partial charge is 0.309 e. The van der Waals surface area contributed by atoms with Gasteiger partial charge in [0, 0.05) is 6.42 Å². The molecular weight excluding hydrogens is 870 g/mol. The molecule has 0 saturated heterocycles. The van der Waals surface area contributed by atoms with Crippen molar-refractivity contribution in [1.82, 2.24) is 0 Å². The molecule has 0 N–H and O–H groups in total. The molecule has 10 heteroatoms. The molecule has 0 fully saturated rings. The minimum Gasteiger partial charge on any atom is -0.756 e. The molecule has 378 valence electrons. The number of likely N-dealkylation sites (N-methyl/N-ethyl adjacent to an activating group) is 1. The third kappa shape index (κ3) is 50.8. The van der Waals surface area contributed by atoms with E-state index < -0.39 is 32.5 Å². The minimum absolute atomic E-state index is 0.0204. The Labute approximate surface area is 413 Å². The fourth-order valence-electron chi connectivity index (χ4n) is 5.49. The lowest BCUT2D eigenvalue weighted by Crippen LogP contribution is -2.37. The zero-order chi connectivity index (χ0) is 49.9. The first kappa shape index (κ1) is 63.4. The number of allylic oxidation sites excluding steroid dienone is 27. The Morgan fingerprint density at radius 1 is 0.471 bits per heavy atom. The summed E-state index contributed by atoms with van der Waals surface area (Å²) in [5.41, 5.74) is 0. The van der Waals surface area contributed by atoms with E-state index in [9.17, 15) is 19.0 Å². The fourth-order valence-corrected chi connectivity index (χ4v) is 6.22. The summed E-state index contributed by atoms with van der Waals surface area (Å²) < 4.78 is 33.8. The van der Waals surface area contributed by atoms with Crippen LogP contribution in [-0.4, -0.2) is 70.0 Å². The third-order valence-corrected chi connectivity index (χ3v) is 10.2. The second-order valence-corrected chi connectivity index (χ2v) is 18.1. The van der Waals surface area contributed by atoms with Gasteiger partial charge in [0.2, 0.25) is 0 Å². The van der Waals surface area contributed by atoms with Crippen molar-refractivity contribution in [2.75, 3.05) is 47.5 Å². The first-order valence-corrected chi connectivity index (χ1v) is 26.3. The number of phosphoric acid groups is 1. The molecule has 0 aromatic rings. The number of unbranched alkanes of at least 4 members (excludes halogenated alkanes) is 1. The van der Waals surface area contributed by atoms with Crippen LogP contribution in [0, 0.1) is 0 Å². The van der Waals surface area contributed by atoms with E-state index in [4.69, 9.17) is 18.5 Å². The summed E-state index contributed by atoms with van der Waals surface area (Å²) in [6.45, 7) is 3.77. The molecule has 0 rings (SSSR count).